The van der Waals surface area contributed by atoms with E-state index in [1.807, 2.05) is 36.4 Å². The highest BCUT2D eigenvalue weighted by Gasteiger charge is 2.18. The maximum Gasteiger partial charge on any atom is 0.263 e. The Bertz CT molecular complexity index is 1220. The molecule has 0 aliphatic carbocycles. The van der Waals surface area contributed by atoms with Crippen LogP contribution in [0.2, 0.25) is 0 Å². The van der Waals surface area contributed by atoms with Crippen molar-refractivity contribution in [1.29, 1.82) is 0 Å². The number of benzene rings is 2. The second kappa shape index (κ2) is 9.15. The van der Waals surface area contributed by atoms with Gasteiger partial charge in [0, 0.05) is 19.2 Å². The summed E-state index contributed by atoms with van der Waals surface area (Å²) in [6.45, 7) is 0.887. The maximum atomic E-state index is 12.2. The van der Waals surface area contributed by atoms with Gasteiger partial charge in [0.1, 0.15) is 15.6 Å². The van der Waals surface area contributed by atoms with Crippen LogP contribution in [0.15, 0.2) is 47.1 Å². The van der Waals surface area contributed by atoms with Gasteiger partial charge in [-0.2, -0.15) is 0 Å². The summed E-state index contributed by atoms with van der Waals surface area (Å²) in [6.07, 6.45) is 1.54. The molecule has 0 aliphatic heterocycles. The summed E-state index contributed by atoms with van der Waals surface area (Å²) in [7, 11) is 4.80. The molecule has 4 aromatic rings. The number of hydrogen-bond acceptors (Lipinski definition) is 8. The summed E-state index contributed by atoms with van der Waals surface area (Å²) in [5.41, 5.74) is 2.99. The topological polar surface area (TPSA) is 95.7 Å². The average Bonchev–Trinajstić information content (AvgIpc) is 3.45. The first kappa shape index (κ1) is 20.8. The molecule has 8 nitrogen and oxygen atoms in total. The van der Waals surface area contributed by atoms with E-state index in [0.29, 0.717) is 45.8 Å². The number of ether oxygens (including phenoxy) is 3. The number of para-hydroxylation sites is 1. The van der Waals surface area contributed by atoms with Crippen molar-refractivity contribution >= 4 is 28.2 Å². The molecule has 4 rings (SSSR count). The highest BCUT2D eigenvalue weighted by atomic mass is 32.1. The van der Waals surface area contributed by atoms with E-state index in [9.17, 15) is 4.79 Å². The van der Waals surface area contributed by atoms with Crippen LogP contribution < -0.4 is 14.8 Å². The molecule has 0 saturated heterocycles. The van der Waals surface area contributed by atoms with Crippen molar-refractivity contribution in [1.82, 2.24) is 15.5 Å². The zero-order valence-electron chi connectivity index (χ0n) is 17.3. The lowest BCUT2D eigenvalue weighted by atomic mass is 10.0. The van der Waals surface area contributed by atoms with Gasteiger partial charge < -0.3 is 24.1 Å². The van der Waals surface area contributed by atoms with E-state index in [1.54, 1.807) is 21.3 Å². The molecule has 0 atom stereocenters. The van der Waals surface area contributed by atoms with Crippen molar-refractivity contribution in [2.75, 3.05) is 34.5 Å². The number of rotatable bonds is 8. The highest BCUT2D eigenvalue weighted by molar-refractivity contribution is 7.17. The third-order valence-electron chi connectivity index (χ3n) is 4.71. The van der Waals surface area contributed by atoms with Gasteiger partial charge in [-0.15, -0.1) is 11.3 Å². The Hall–Kier alpha value is -3.43. The van der Waals surface area contributed by atoms with Crippen molar-refractivity contribution in [3.63, 3.8) is 0 Å². The smallest absolute Gasteiger partial charge is 0.263 e. The van der Waals surface area contributed by atoms with E-state index in [-0.39, 0.29) is 5.91 Å². The van der Waals surface area contributed by atoms with Gasteiger partial charge in [0.15, 0.2) is 17.1 Å². The summed E-state index contributed by atoms with van der Waals surface area (Å²) >= 11 is 1.26. The number of aromatic nitrogens is 2. The molecule has 9 heteroatoms. The highest BCUT2D eigenvalue weighted by Crippen LogP contribution is 2.40. The van der Waals surface area contributed by atoms with E-state index in [1.165, 1.54) is 17.5 Å². The zero-order valence-corrected chi connectivity index (χ0v) is 18.1. The predicted molar refractivity (Wildman–Crippen MR) is 118 cm³/mol. The molecular weight excluding hydrogens is 418 g/mol. The normalized spacial score (nSPS) is 10.9. The maximum absolute atomic E-state index is 12.2. The van der Waals surface area contributed by atoms with E-state index in [4.69, 9.17) is 18.7 Å². The van der Waals surface area contributed by atoms with Gasteiger partial charge in [0.25, 0.3) is 5.91 Å². The van der Waals surface area contributed by atoms with Gasteiger partial charge in [-0.25, -0.2) is 4.98 Å². The quantitative estimate of drug-likeness (QED) is 0.414. The Morgan fingerprint density at radius 3 is 2.81 bits per heavy atom. The lowest BCUT2D eigenvalue weighted by Crippen LogP contribution is -2.26. The molecular formula is C22H21N3O5S. The summed E-state index contributed by atoms with van der Waals surface area (Å²) in [4.78, 5) is 17.1. The molecule has 2 heterocycles. The number of fused-ring (bicyclic) bond motifs is 1. The number of carbonyl (C=O) groups is 1. The van der Waals surface area contributed by atoms with Gasteiger partial charge in [-0.1, -0.05) is 23.4 Å². The number of carbonyl (C=O) groups excluding carboxylic acids is 1. The van der Waals surface area contributed by atoms with Gasteiger partial charge >= 0.3 is 0 Å². The number of methoxy groups -OCH3 is 3. The van der Waals surface area contributed by atoms with Gasteiger partial charge in [-0.05, 0) is 23.8 Å². The van der Waals surface area contributed by atoms with Crippen LogP contribution in [0.1, 0.15) is 9.67 Å². The van der Waals surface area contributed by atoms with Crippen LogP contribution in [0.3, 0.4) is 0 Å². The molecule has 0 radical (unpaired) electrons. The second-order valence-corrected chi connectivity index (χ2v) is 7.59. The van der Waals surface area contributed by atoms with Crippen LogP contribution in [0.4, 0.5) is 0 Å². The Balaban J connectivity index is 1.64. The zero-order chi connectivity index (χ0) is 21.8. The Kier molecular flexibility index (Phi) is 6.15. The molecule has 0 fully saturated rings. The van der Waals surface area contributed by atoms with Crippen molar-refractivity contribution in [2.24, 2.45) is 0 Å². The first-order valence-corrected chi connectivity index (χ1v) is 10.3. The standard InChI is InChI=1S/C22H21N3O5S/c1-27-10-9-23-21(26)18-12-24-22(31-18)19-15-8-7-13(11-17(15)30-25-19)14-5-4-6-16(28-2)20(14)29-3/h4-8,11-12H,9-10H2,1-3H3,(H,23,26). The third kappa shape index (κ3) is 4.10. The Morgan fingerprint density at radius 2 is 2.03 bits per heavy atom. The fraction of sp³-hybridized carbons (Fsp3) is 0.227. The molecule has 1 amide bonds. The molecule has 0 bridgehead atoms. The van der Waals surface area contributed by atoms with Crippen LogP contribution in [0, 0.1) is 0 Å². The van der Waals surface area contributed by atoms with Crippen LogP contribution in [0.25, 0.3) is 32.8 Å². The van der Waals surface area contributed by atoms with Crippen molar-refractivity contribution in [3.05, 3.63) is 47.5 Å². The fourth-order valence-electron chi connectivity index (χ4n) is 3.22. The van der Waals surface area contributed by atoms with Crippen LogP contribution in [0.5, 0.6) is 11.5 Å². The minimum atomic E-state index is -0.194. The van der Waals surface area contributed by atoms with Crippen LogP contribution in [-0.2, 0) is 4.74 Å². The number of nitrogens with one attached hydrogen (secondary N) is 1. The van der Waals surface area contributed by atoms with E-state index in [2.05, 4.69) is 15.5 Å². The fourth-order valence-corrected chi connectivity index (χ4v) is 4.04. The SMILES string of the molecule is COCCNC(=O)c1cnc(-c2noc3cc(-c4cccc(OC)c4OC)ccc23)s1. The molecule has 160 valence electrons. The number of nitrogens with zero attached hydrogens (tertiary/aromatic N) is 2. The van der Waals surface area contributed by atoms with Gasteiger partial charge in [0.05, 0.1) is 32.4 Å². The first-order valence-electron chi connectivity index (χ1n) is 9.50. The van der Waals surface area contributed by atoms with Gasteiger partial charge in [0.2, 0.25) is 0 Å². The van der Waals surface area contributed by atoms with Crippen molar-refractivity contribution in [2.45, 2.75) is 0 Å². The Morgan fingerprint density at radius 1 is 1.16 bits per heavy atom. The molecule has 0 aliphatic rings. The average molecular weight is 439 g/mol. The minimum Gasteiger partial charge on any atom is -0.493 e. The Labute approximate surface area is 182 Å². The number of hydrogen-bond donors (Lipinski definition) is 1. The van der Waals surface area contributed by atoms with Crippen LogP contribution in [-0.4, -0.2) is 50.5 Å². The minimum absolute atomic E-state index is 0.194. The lowest BCUT2D eigenvalue weighted by Gasteiger charge is -2.12. The van der Waals surface area contributed by atoms with Crippen molar-refractivity contribution < 1.29 is 23.5 Å². The van der Waals surface area contributed by atoms with E-state index < -0.39 is 0 Å². The summed E-state index contributed by atoms with van der Waals surface area (Å²) in [5.74, 6) is 1.10. The summed E-state index contributed by atoms with van der Waals surface area (Å²) in [5, 5.41) is 8.40. The lowest BCUT2D eigenvalue weighted by molar-refractivity contribution is 0.0941. The molecule has 2 aromatic heterocycles. The number of thiazole rings is 1. The molecule has 1 N–H and O–H groups in total. The molecule has 31 heavy (non-hydrogen) atoms. The van der Waals surface area contributed by atoms with Gasteiger partial charge in [-0.3, -0.25) is 4.79 Å². The third-order valence-corrected chi connectivity index (χ3v) is 5.71. The van der Waals surface area contributed by atoms with Crippen molar-refractivity contribution in [3.8, 4) is 33.3 Å². The summed E-state index contributed by atoms with van der Waals surface area (Å²) in [6, 6.07) is 11.5. The first-order chi connectivity index (χ1) is 15.2. The molecule has 2 aromatic carbocycles. The van der Waals surface area contributed by atoms with E-state index in [0.717, 1.165) is 16.5 Å². The van der Waals surface area contributed by atoms with Crippen LogP contribution >= 0.6 is 11.3 Å². The number of amides is 1. The van der Waals surface area contributed by atoms with E-state index >= 15 is 0 Å². The molecule has 0 unspecified atom stereocenters. The summed E-state index contributed by atoms with van der Waals surface area (Å²) < 4.78 is 21.5. The predicted octanol–water partition coefficient (Wildman–Crippen LogP) is 4.01. The molecule has 0 spiro atoms. The second-order valence-electron chi connectivity index (χ2n) is 6.56. The largest absolute Gasteiger partial charge is 0.493 e. The monoisotopic (exact) mass is 439 g/mol. The molecule has 0 saturated carbocycles.